The van der Waals surface area contributed by atoms with E-state index in [9.17, 15) is 4.79 Å². The van der Waals surface area contributed by atoms with Gasteiger partial charge in [-0.2, -0.15) is 0 Å². The molecule has 3 nitrogen and oxygen atoms in total. The average Bonchev–Trinajstić information content (AvgIpc) is 2.15. The van der Waals surface area contributed by atoms with Crippen molar-refractivity contribution < 1.29 is 9.90 Å². The number of nitrogens with zero attached hydrogens (tertiary/aromatic N) is 1. The molecular weight excluding hydrogens is 178 g/mol. The van der Waals surface area contributed by atoms with Crippen molar-refractivity contribution in [3.05, 3.63) is 0 Å². The predicted molar refractivity (Wildman–Crippen MR) is 58.5 cm³/mol. The number of carboxylic acid groups (broad SMARTS) is 1. The van der Waals surface area contributed by atoms with Crippen molar-refractivity contribution in [2.75, 3.05) is 7.05 Å². The molecule has 2 unspecified atom stereocenters. The number of aliphatic carboxylic acids is 1. The van der Waals surface area contributed by atoms with Gasteiger partial charge in [0.15, 0.2) is 0 Å². The summed E-state index contributed by atoms with van der Waals surface area (Å²) in [4.78, 5) is 12.7. The Morgan fingerprint density at radius 2 is 1.93 bits per heavy atom. The Hall–Kier alpha value is -0.570. The number of carboxylic acids is 1. The predicted octanol–water partition coefficient (Wildman–Crippen LogP) is 2.36. The van der Waals surface area contributed by atoms with E-state index in [4.69, 9.17) is 5.11 Å². The Morgan fingerprint density at radius 3 is 2.36 bits per heavy atom. The molecule has 0 aliphatic heterocycles. The van der Waals surface area contributed by atoms with Crippen LogP contribution in [0.1, 0.15) is 46.5 Å². The molecule has 0 bridgehead atoms. The molecule has 14 heavy (non-hydrogen) atoms. The van der Waals surface area contributed by atoms with E-state index in [0.29, 0.717) is 6.04 Å². The fourth-order valence-electron chi connectivity index (χ4n) is 1.45. The Kier molecular flexibility index (Phi) is 6.54. The van der Waals surface area contributed by atoms with Crippen LogP contribution in [0.25, 0.3) is 0 Å². The van der Waals surface area contributed by atoms with Crippen LogP contribution in [0.3, 0.4) is 0 Å². The molecule has 0 aromatic heterocycles. The summed E-state index contributed by atoms with van der Waals surface area (Å²) in [7, 11) is 1.88. The number of hydrogen-bond acceptors (Lipinski definition) is 2. The molecule has 0 heterocycles. The van der Waals surface area contributed by atoms with Gasteiger partial charge >= 0.3 is 5.97 Å². The van der Waals surface area contributed by atoms with Gasteiger partial charge in [0.2, 0.25) is 0 Å². The molecule has 0 saturated carbocycles. The number of likely N-dealkylation sites (N-methyl/N-ethyl adjacent to an activating group) is 1. The second kappa shape index (κ2) is 6.82. The molecular formula is C11H23NO2. The monoisotopic (exact) mass is 201 g/mol. The lowest BCUT2D eigenvalue weighted by Gasteiger charge is -2.28. The van der Waals surface area contributed by atoms with Gasteiger partial charge in [0.05, 0.1) is 0 Å². The Bertz CT molecular complexity index is 171. The topological polar surface area (TPSA) is 40.5 Å². The first kappa shape index (κ1) is 13.4. The molecule has 0 aromatic carbocycles. The third kappa shape index (κ3) is 4.61. The summed E-state index contributed by atoms with van der Waals surface area (Å²) >= 11 is 0. The standard InChI is InChI=1S/C11H23NO2/c1-5-6-7-8-9(2)12(4)10(3)11(13)14/h9-10H,5-8H2,1-4H3,(H,13,14). The largest absolute Gasteiger partial charge is 0.480 e. The van der Waals surface area contributed by atoms with Crippen LogP contribution in [0.15, 0.2) is 0 Å². The fraction of sp³-hybridized carbons (Fsp3) is 0.909. The van der Waals surface area contributed by atoms with Gasteiger partial charge in [-0.1, -0.05) is 26.2 Å². The van der Waals surface area contributed by atoms with Crippen LogP contribution in [-0.2, 0) is 4.79 Å². The highest BCUT2D eigenvalue weighted by molar-refractivity contribution is 5.72. The first-order valence-electron chi connectivity index (χ1n) is 5.45. The number of unbranched alkanes of at least 4 members (excludes halogenated alkanes) is 2. The van der Waals surface area contributed by atoms with Gasteiger partial charge in [-0.25, -0.2) is 0 Å². The van der Waals surface area contributed by atoms with E-state index in [0.717, 1.165) is 6.42 Å². The third-order valence-corrected chi connectivity index (χ3v) is 2.89. The summed E-state index contributed by atoms with van der Waals surface area (Å²) in [6, 6.07) is -0.0284. The molecule has 84 valence electrons. The van der Waals surface area contributed by atoms with Gasteiger partial charge in [0.1, 0.15) is 6.04 Å². The average molecular weight is 201 g/mol. The van der Waals surface area contributed by atoms with Gasteiger partial charge in [0.25, 0.3) is 0 Å². The lowest BCUT2D eigenvalue weighted by atomic mass is 10.1. The lowest BCUT2D eigenvalue weighted by molar-refractivity contribution is -0.142. The number of rotatable bonds is 7. The van der Waals surface area contributed by atoms with Crippen molar-refractivity contribution in [3.8, 4) is 0 Å². The van der Waals surface area contributed by atoms with Crippen molar-refractivity contribution in [2.24, 2.45) is 0 Å². The summed E-state index contributed by atoms with van der Waals surface area (Å²) in [5.41, 5.74) is 0. The first-order valence-corrected chi connectivity index (χ1v) is 5.45. The fourth-order valence-corrected chi connectivity index (χ4v) is 1.45. The Morgan fingerprint density at radius 1 is 1.36 bits per heavy atom. The minimum absolute atomic E-state index is 0.354. The normalized spacial score (nSPS) is 15.5. The zero-order valence-corrected chi connectivity index (χ0v) is 9.79. The molecule has 1 N–H and O–H groups in total. The molecule has 0 amide bonds. The summed E-state index contributed by atoms with van der Waals surface area (Å²) in [6.45, 7) is 6.00. The Balaban J connectivity index is 3.85. The molecule has 0 spiro atoms. The molecule has 0 aromatic rings. The zero-order valence-electron chi connectivity index (χ0n) is 9.79. The zero-order chi connectivity index (χ0) is 11.1. The summed E-state index contributed by atoms with van der Waals surface area (Å²) in [5, 5.41) is 8.83. The third-order valence-electron chi connectivity index (χ3n) is 2.89. The molecule has 2 atom stereocenters. The molecule has 0 saturated heterocycles. The summed E-state index contributed by atoms with van der Waals surface area (Å²) < 4.78 is 0. The maximum Gasteiger partial charge on any atom is 0.320 e. The highest BCUT2D eigenvalue weighted by atomic mass is 16.4. The minimum atomic E-state index is -0.741. The van der Waals surface area contributed by atoms with Crippen LogP contribution in [0.5, 0.6) is 0 Å². The maximum atomic E-state index is 10.7. The molecule has 0 rings (SSSR count). The maximum absolute atomic E-state index is 10.7. The SMILES string of the molecule is CCCCCC(C)N(C)C(C)C(=O)O. The smallest absolute Gasteiger partial charge is 0.320 e. The van der Waals surface area contributed by atoms with Crippen LogP contribution >= 0.6 is 0 Å². The van der Waals surface area contributed by atoms with Crippen molar-refractivity contribution in [2.45, 2.75) is 58.5 Å². The van der Waals surface area contributed by atoms with Crippen molar-refractivity contribution in [3.63, 3.8) is 0 Å². The quantitative estimate of drug-likeness (QED) is 0.643. The van der Waals surface area contributed by atoms with E-state index >= 15 is 0 Å². The van der Waals surface area contributed by atoms with Crippen LogP contribution in [0.4, 0.5) is 0 Å². The van der Waals surface area contributed by atoms with Crippen molar-refractivity contribution in [1.29, 1.82) is 0 Å². The van der Waals surface area contributed by atoms with Gasteiger partial charge in [-0.05, 0) is 27.3 Å². The van der Waals surface area contributed by atoms with E-state index in [-0.39, 0.29) is 6.04 Å². The van der Waals surface area contributed by atoms with E-state index in [1.807, 2.05) is 11.9 Å². The summed E-state index contributed by atoms with van der Waals surface area (Å²) in [6.07, 6.45) is 4.72. The molecule has 3 heteroatoms. The minimum Gasteiger partial charge on any atom is -0.480 e. The first-order chi connectivity index (χ1) is 6.50. The van der Waals surface area contributed by atoms with Gasteiger partial charge in [-0.3, -0.25) is 9.69 Å². The second-order valence-electron chi connectivity index (χ2n) is 4.02. The van der Waals surface area contributed by atoms with E-state index in [1.54, 1.807) is 6.92 Å². The molecule has 0 aliphatic carbocycles. The Labute approximate surface area is 87.1 Å². The highest BCUT2D eigenvalue weighted by Crippen LogP contribution is 2.10. The number of hydrogen-bond donors (Lipinski definition) is 1. The van der Waals surface area contributed by atoms with Crippen molar-refractivity contribution in [1.82, 2.24) is 4.90 Å². The van der Waals surface area contributed by atoms with Gasteiger partial charge in [0, 0.05) is 6.04 Å². The van der Waals surface area contributed by atoms with E-state index < -0.39 is 5.97 Å². The van der Waals surface area contributed by atoms with Gasteiger partial charge in [-0.15, -0.1) is 0 Å². The van der Waals surface area contributed by atoms with Crippen LogP contribution in [0, 0.1) is 0 Å². The van der Waals surface area contributed by atoms with Crippen LogP contribution in [-0.4, -0.2) is 35.1 Å². The van der Waals surface area contributed by atoms with Crippen molar-refractivity contribution >= 4 is 5.97 Å². The number of carbonyl (C=O) groups is 1. The lowest BCUT2D eigenvalue weighted by Crippen LogP contribution is -2.41. The van der Waals surface area contributed by atoms with E-state index in [2.05, 4.69) is 13.8 Å². The second-order valence-corrected chi connectivity index (χ2v) is 4.02. The molecule has 0 fully saturated rings. The van der Waals surface area contributed by atoms with Crippen LogP contribution < -0.4 is 0 Å². The molecule has 0 aliphatic rings. The van der Waals surface area contributed by atoms with Crippen LogP contribution in [0.2, 0.25) is 0 Å². The summed E-state index contributed by atoms with van der Waals surface area (Å²) in [5.74, 6) is -0.741. The highest BCUT2D eigenvalue weighted by Gasteiger charge is 2.20. The van der Waals surface area contributed by atoms with E-state index in [1.165, 1.54) is 19.3 Å². The molecule has 0 radical (unpaired) electrons. The van der Waals surface area contributed by atoms with Gasteiger partial charge < -0.3 is 5.11 Å².